The molecule has 1 aromatic rings. The zero-order valence-electron chi connectivity index (χ0n) is 11.1. The predicted octanol–water partition coefficient (Wildman–Crippen LogP) is 1.65. The molecule has 2 rings (SSSR count). The Balaban J connectivity index is 1.99. The number of aliphatic hydroxyl groups is 1. The number of methoxy groups -OCH3 is 1. The topological polar surface area (TPSA) is 61.7 Å². The molecule has 4 nitrogen and oxygen atoms in total. The number of hydrogen-bond donors (Lipinski definition) is 3. The minimum absolute atomic E-state index is 0.103. The molecule has 3 N–H and O–H groups in total. The van der Waals surface area contributed by atoms with Crippen molar-refractivity contribution < 1.29 is 14.9 Å². The molecule has 1 saturated carbocycles. The summed E-state index contributed by atoms with van der Waals surface area (Å²) >= 11 is 0. The normalized spacial score (nSPS) is 25.6. The maximum absolute atomic E-state index is 9.96. The van der Waals surface area contributed by atoms with E-state index in [1.165, 1.54) is 7.11 Å². The minimum atomic E-state index is -0.242. The monoisotopic (exact) mass is 251 g/mol. The third kappa shape index (κ3) is 2.18. The van der Waals surface area contributed by atoms with Gasteiger partial charge in [-0.1, -0.05) is 26.0 Å². The highest BCUT2D eigenvalue weighted by atomic mass is 16.5. The molecular weight excluding hydrogens is 230 g/mol. The smallest absolute Gasteiger partial charge is 0.162 e. The van der Waals surface area contributed by atoms with Crippen LogP contribution in [0.25, 0.3) is 0 Å². The van der Waals surface area contributed by atoms with Crippen LogP contribution in [0.5, 0.6) is 11.5 Å². The van der Waals surface area contributed by atoms with Crippen molar-refractivity contribution in [2.24, 2.45) is 5.41 Å². The first-order chi connectivity index (χ1) is 8.46. The third-order valence-electron chi connectivity index (χ3n) is 4.06. The van der Waals surface area contributed by atoms with Gasteiger partial charge in [0.1, 0.15) is 0 Å². The van der Waals surface area contributed by atoms with Gasteiger partial charge in [-0.25, -0.2) is 0 Å². The molecule has 0 bridgehead atoms. The molecule has 1 aliphatic carbocycles. The number of phenols is 1. The van der Waals surface area contributed by atoms with Gasteiger partial charge in [-0.15, -0.1) is 0 Å². The van der Waals surface area contributed by atoms with Crippen molar-refractivity contribution in [3.05, 3.63) is 23.8 Å². The van der Waals surface area contributed by atoms with Crippen LogP contribution in [-0.2, 0) is 6.54 Å². The number of hydrogen-bond acceptors (Lipinski definition) is 4. The molecule has 1 fully saturated rings. The van der Waals surface area contributed by atoms with Crippen LogP contribution in [-0.4, -0.2) is 29.5 Å². The van der Waals surface area contributed by atoms with Crippen LogP contribution in [0.2, 0.25) is 0 Å². The average molecular weight is 251 g/mol. The second kappa shape index (κ2) is 4.78. The molecule has 18 heavy (non-hydrogen) atoms. The lowest BCUT2D eigenvalue weighted by Crippen LogP contribution is -2.59. The Kier molecular flexibility index (Phi) is 3.50. The molecule has 100 valence electrons. The molecule has 0 radical (unpaired) electrons. The molecule has 0 aliphatic heterocycles. The summed E-state index contributed by atoms with van der Waals surface area (Å²) < 4.78 is 5.07. The maximum atomic E-state index is 9.96. The van der Waals surface area contributed by atoms with E-state index in [0.29, 0.717) is 12.3 Å². The minimum Gasteiger partial charge on any atom is -0.504 e. The van der Waals surface area contributed by atoms with E-state index in [0.717, 1.165) is 12.0 Å². The molecule has 0 spiro atoms. The van der Waals surface area contributed by atoms with Gasteiger partial charge in [0.15, 0.2) is 11.5 Å². The zero-order valence-corrected chi connectivity index (χ0v) is 11.1. The summed E-state index contributed by atoms with van der Waals surface area (Å²) in [6, 6.07) is 5.73. The highest BCUT2D eigenvalue weighted by Crippen LogP contribution is 2.40. The molecule has 2 unspecified atom stereocenters. The van der Waals surface area contributed by atoms with E-state index in [1.807, 2.05) is 26.0 Å². The van der Waals surface area contributed by atoms with Gasteiger partial charge >= 0.3 is 0 Å². The number of aliphatic hydroxyl groups excluding tert-OH is 1. The molecule has 1 aliphatic rings. The van der Waals surface area contributed by atoms with Crippen molar-refractivity contribution in [1.29, 1.82) is 0 Å². The van der Waals surface area contributed by atoms with E-state index in [9.17, 15) is 10.2 Å². The van der Waals surface area contributed by atoms with E-state index >= 15 is 0 Å². The van der Waals surface area contributed by atoms with Crippen molar-refractivity contribution in [1.82, 2.24) is 5.32 Å². The van der Waals surface area contributed by atoms with Gasteiger partial charge in [0.2, 0.25) is 0 Å². The van der Waals surface area contributed by atoms with Gasteiger partial charge < -0.3 is 20.3 Å². The summed E-state index contributed by atoms with van der Waals surface area (Å²) in [5, 5.41) is 23.0. The fourth-order valence-corrected chi connectivity index (χ4v) is 2.36. The predicted molar refractivity (Wildman–Crippen MR) is 69.7 cm³/mol. The summed E-state index contributed by atoms with van der Waals surface area (Å²) in [6.07, 6.45) is 0.520. The lowest BCUT2D eigenvalue weighted by molar-refractivity contribution is -0.0730. The van der Waals surface area contributed by atoms with Crippen LogP contribution in [0.1, 0.15) is 25.8 Å². The lowest BCUT2D eigenvalue weighted by atomic mass is 9.64. The standard InChI is InChI=1S/C14H21NO3/c1-14(2)11(7-12(14)16)15-8-9-5-4-6-10(18-3)13(9)17/h4-6,11-12,15-17H,7-8H2,1-3H3. The van der Waals surface area contributed by atoms with E-state index < -0.39 is 0 Å². The Morgan fingerprint density at radius 2 is 2.17 bits per heavy atom. The quantitative estimate of drug-likeness (QED) is 0.761. The molecule has 4 heteroatoms. The first-order valence-corrected chi connectivity index (χ1v) is 6.23. The molecular formula is C14H21NO3. The first-order valence-electron chi connectivity index (χ1n) is 6.23. The van der Waals surface area contributed by atoms with Crippen LogP contribution < -0.4 is 10.1 Å². The fraction of sp³-hybridized carbons (Fsp3) is 0.571. The summed E-state index contributed by atoms with van der Waals surface area (Å²) in [4.78, 5) is 0. The number of rotatable bonds is 4. The molecule has 2 atom stereocenters. The van der Waals surface area contributed by atoms with Gasteiger partial charge in [-0.05, 0) is 12.5 Å². The Labute approximate surface area is 108 Å². The fourth-order valence-electron chi connectivity index (χ4n) is 2.36. The highest BCUT2D eigenvalue weighted by molar-refractivity contribution is 5.45. The number of para-hydroxylation sites is 1. The van der Waals surface area contributed by atoms with E-state index in [4.69, 9.17) is 4.74 Å². The van der Waals surface area contributed by atoms with E-state index in [2.05, 4.69) is 5.32 Å². The summed E-state index contributed by atoms with van der Waals surface area (Å²) in [7, 11) is 1.54. The lowest BCUT2D eigenvalue weighted by Gasteiger charge is -2.49. The van der Waals surface area contributed by atoms with Crippen molar-refractivity contribution in [3.63, 3.8) is 0 Å². The Hall–Kier alpha value is -1.26. The van der Waals surface area contributed by atoms with Gasteiger partial charge in [-0.2, -0.15) is 0 Å². The molecule has 0 heterocycles. The van der Waals surface area contributed by atoms with Crippen LogP contribution in [0.15, 0.2) is 18.2 Å². The summed E-state index contributed by atoms with van der Waals surface area (Å²) in [5.41, 5.74) is 0.709. The van der Waals surface area contributed by atoms with Crippen molar-refractivity contribution >= 4 is 0 Å². The van der Waals surface area contributed by atoms with Crippen LogP contribution in [0.3, 0.4) is 0 Å². The summed E-state index contributed by atoms with van der Waals surface area (Å²) in [6.45, 7) is 4.67. The molecule has 0 aromatic heterocycles. The maximum Gasteiger partial charge on any atom is 0.162 e. The van der Waals surface area contributed by atoms with Gasteiger partial charge in [0, 0.05) is 23.6 Å². The summed E-state index contributed by atoms with van der Waals surface area (Å²) in [5.74, 6) is 0.674. The SMILES string of the molecule is COc1cccc(CNC2CC(O)C2(C)C)c1O. The number of aromatic hydroxyl groups is 1. The Morgan fingerprint density at radius 1 is 1.44 bits per heavy atom. The van der Waals surface area contributed by atoms with Crippen LogP contribution >= 0.6 is 0 Å². The Bertz CT molecular complexity index is 431. The average Bonchev–Trinajstić information content (AvgIpc) is 2.35. The van der Waals surface area contributed by atoms with Gasteiger partial charge in [0.25, 0.3) is 0 Å². The number of phenolic OH excluding ortho intramolecular Hbond substituents is 1. The number of nitrogens with one attached hydrogen (secondary N) is 1. The molecule has 0 saturated heterocycles. The molecule has 0 amide bonds. The van der Waals surface area contributed by atoms with Crippen LogP contribution in [0.4, 0.5) is 0 Å². The second-order valence-corrected chi connectivity index (χ2v) is 5.47. The van der Waals surface area contributed by atoms with Crippen molar-refractivity contribution in [2.75, 3.05) is 7.11 Å². The van der Waals surface area contributed by atoms with E-state index in [-0.39, 0.29) is 23.3 Å². The van der Waals surface area contributed by atoms with Crippen molar-refractivity contribution in [2.45, 2.75) is 39.0 Å². The molecule has 1 aromatic carbocycles. The van der Waals surface area contributed by atoms with Crippen molar-refractivity contribution in [3.8, 4) is 11.5 Å². The van der Waals surface area contributed by atoms with Gasteiger partial charge in [-0.3, -0.25) is 0 Å². The van der Waals surface area contributed by atoms with Gasteiger partial charge in [0.05, 0.1) is 13.2 Å². The number of benzene rings is 1. The number of ether oxygens (including phenoxy) is 1. The Morgan fingerprint density at radius 3 is 2.72 bits per heavy atom. The third-order valence-corrected chi connectivity index (χ3v) is 4.06. The first kappa shape index (κ1) is 13.2. The highest BCUT2D eigenvalue weighted by Gasteiger charge is 2.46. The second-order valence-electron chi connectivity index (χ2n) is 5.47. The largest absolute Gasteiger partial charge is 0.504 e. The van der Waals surface area contributed by atoms with Crippen LogP contribution in [0, 0.1) is 5.41 Å². The zero-order chi connectivity index (χ0) is 13.3. The van der Waals surface area contributed by atoms with E-state index in [1.54, 1.807) is 6.07 Å².